The van der Waals surface area contributed by atoms with Gasteiger partial charge in [-0.2, -0.15) is 0 Å². The van der Waals surface area contributed by atoms with Crippen LogP contribution in [0.1, 0.15) is 38.5 Å². The Labute approximate surface area is 150 Å². The van der Waals surface area contributed by atoms with E-state index in [2.05, 4.69) is 0 Å². The number of aliphatic carboxylic acids is 4. The highest BCUT2D eigenvalue weighted by Gasteiger charge is 2.47. The molecule has 4 N–H and O–H groups in total. The van der Waals surface area contributed by atoms with E-state index in [1.807, 2.05) is 0 Å². The van der Waals surface area contributed by atoms with Crippen LogP contribution in [-0.2, 0) is 23.6 Å². The maximum atomic E-state index is 12.9. The molecule has 0 saturated heterocycles. The van der Waals surface area contributed by atoms with E-state index in [-0.39, 0.29) is 25.7 Å². The van der Waals surface area contributed by atoms with Crippen LogP contribution >= 0.6 is 0 Å². The molecule has 2 rings (SSSR count). The molecule has 0 heterocycles. The quantitative estimate of drug-likeness (QED) is 0.492. The fourth-order valence-electron chi connectivity index (χ4n) is 4.33. The van der Waals surface area contributed by atoms with E-state index >= 15 is 0 Å². The zero-order valence-corrected chi connectivity index (χ0v) is 15.0. The van der Waals surface area contributed by atoms with Crippen LogP contribution in [0.3, 0.4) is 0 Å². The first kappa shape index (κ1) is 20.2. The van der Waals surface area contributed by atoms with Gasteiger partial charge in [-0.3, -0.25) is 19.2 Å². The van der Waals surface area contributed by atoms with E-state index in [0.717, 1.165) is 0 Å². The van der Waals surface area contributed by atoms with Crippen LogP contribution in [0.4, 0.5) is 0 Å². The summed E-state index contributed by atoms with van der Waals surface area (Å²) in [7, 11) is -2.38. The molecule has 2 fully saturated rings. The second-order valence-corrected chi connectivity index (χ2v) is 9.64. The average Bonchev–Trinajstić information content (AvgIpc) is 2.59. The number of hydrogen-bond donors (Lipinski definition) is 4. The predicted octanol–water partition coefficient (Wildman–Crippen LogP) is 1.32. The van der Waals surface area contributed by atoms with Gasteiger partial charge in [0.1, 0.15) is 0 Å². The Kier molecular flexibility index (Phi) is 6.27. The second kappa shape index (κ2) is 8.06. The van der Waals surface area contributed by atoms with Crippen molar-refractivity contribution in [2.75, 3.05) is 0 Å². The molecule has 6 unspecified atom stereocenters. The summed E-state index contributed by atoms with van der Waals surface area (Å²) in [5.41, 5.74) is -0.893. The molecule has 144 valence electrons. The van der Waals surface area contributed by atoms with E-state index in [0.29, 0.717) is 12.8 Å². The lowest BCUT2D eigenvalue weighted by molar-refractivity contribution is -0.155. The molecule has 6 atom stereocenters. The first-order valence-electron chi connectivity index (χ1n) is 8.58. The smallest absolute Gasteiger partial charge is 0.307 e. The molecule has 0 spiro atoms. The minimum atomic E-state index is -2.38. The standard InChI is InChI=1S/C16H22O9Si/c17-13(18)9-3-1-7(5-11(9)15(21)22)26(25)8-2-4-10(14(19)20)12(6-8)16(23)24/h7-12H,1-6H2,(H,17,18)(H,19,20)(H,21,22)(H,23,24). The second-order valence-electron chi connectivity index (χ2n) is 7.20. The number of hydrogen-bond acceptors (Lipinski definition) is 5. The lowest BCUT2D eigenvalue weighted by Crippen LogP contribution is -2.39. The Morgan fingerprint density at radius 1 is 0.577 bits per heavy atom. The molecule has 2 aliphatic carbocycles. The lowest BCUT2D eigenvalue weighted by Gasteiger charge is -2.35. The summed E-state index contributed by atoms with van der Waals surface area (Å²) in [5, 5.41) is 36.9. The molecule has 0 aliphatic heterocycles. The SMILES string of the molecule is O=C(O)C1CCC([Si](=O)C2CCC(C(=O)O)C(C(=O)O)C2)CC1C(=O)O. The van der Waals surface area contributed by atoms with Crippen LogP contribution in [0, 0.1) is 23.7 Å². The maximum Gasteiger partial charge on any atom is 0.307 e. The Morgan fingerprint density at radius 2 is 0.885 bits per heavy atom. The van der Waals surface area contributed by atoms with Gasteiger partial charge in [-0.25, -0.2) is 0 Å². The van der Waals surface area contributed by atoms with Crippen molar-refractivity contribution in [1.29, 1.82) is 0 Å². The van der Waals surface area contributed by atoms with Gasteiger partial charge >= 0.3 is 23.9 Å². The zero-order valence-electron chi connectivity index (χ0n) is 14.0. The lowest BCUT2D eigenvalue weighted by atomic mass is 9.78. The van der Waals surface area contributed by atoms with Crippen LogP contribution in [0.2, 0.25) is 11.1 Å². The van der Waals surface area contributed by atoms with Crippen molar-refractivity contribution in [2.45, 2.75) is 49.6 Å². The maximum absolute atomic E-state index is 12.9. The van der Waals surface area contributed by atoms with Gasteiger partial charge in [-0.05, 0) is 38.5 Å². The average molecular weight is 386 g/mol. The van der Waals surface area contributed by atoms with Gasteiger partial charge in [-0.1, -0.05) is 0 Å². The third-order valence-electron chi connectivity index (χ3n) is 5.77. The molecule has 0 bridgehead atoms. The molecular formula is C16H22O9Si. The van der Waals surface area contributed by atoms with Crippen molar-refractivity contribution in [3.63, 3.8) is 0 Å². The van der Waals surface area contributed by atoms with Crippen LogP contribution in [0.25, 0.3) is 0 Å². The van der Waals surface area contributed by atoms with Gasteiger partial charge in [0.2, 0.25) is 0 Å². The Hall–Kier alpha value is -2.10. The largest absolute Gasteiger partial charge is 0.481 e. The molecule has 10 heteroatoms. The topological polar surface area (TPSA) is 166 Å². The van der Waals surface area contributed by atoms with Crippen LogP contribution in [-0.4, -0.2) is 53.0 Å². The van der Waals surface area contributed by atoms with Gasteiger partial charge in [0.05, 0.1) is 23.7 Å². The normalized spacial score (nSPS) is 34.6. The van der Waals surface area contributed by atoms with E-state index in [4.69, 9.17) is 10.2 Å². The summed E-state index contributed by atoms with van der Waals surface area (Å²) in [6, 6.07) is 0. The van der Waals surface area contributed by atoms with E-state index in [9.17, 15) is 33.9 Å². The summed E-state index contributed by atoms with van der Waals surface area (Å²) in [6.45, 7) is 0. The third kappa shape index (κ3) is 4.17. The van der Waals surface area contributed by atoms with Crippen molar-refractivity contribution < 1.29 is 44.1 Å². The highest BCUT2D eigenvalue weighted by molar-refractivity contribution is 6.46. The van der Waals surface area contributed by atoms with Gasteiger partial charge in [0.15, 0.2) is 0 Å². The fourth-order valence-corrected chi connectivity index (χ4v) is 6.87. The van der Waals surface area contributed by atoms with E-state index in [1.165, 1.54) is 0 Å². The first-order valence-corrected chi connectivity index (χ1v) is 10.1. The van der Waals surface area contributed by atoms with Crippen LogP contribution in [0.15, 0.2) is 0 Å². The van der Waals surface area contributed by atoms with Crippen LogP contribution < -0.4 is 0 Å². The highest BCUT2D eigenvalue weighted by atomic mass is 28.3. The number of carboxylic acid groups (broad SMARTS) is 4. The fraction of sp³-hybridized carbons (Fsp3) is 0.750. The third-order valence-corrected chi connectivity index (χ3v) is 8.43. The molecule has 2 aliphatic rings. The van der Waals surface area contributed by atoms with E-state index in [1.54, 1.807) is 0 Å². The first-order chi connectivity index (χ1) is 12.1. The molecule has 0 aromatic heterocycles. The van der Waals surface area contributed by atoms with Gasteiger partial charge in [0, 0.05) is 11.1 Å². The van der Waals surface area contributed by atoms with Crippen molar-refractivity contribution in [3.8, 4) is 0 Å². The van der Waals surface area contributed by atoms with Gasteiger partial charge in [0.25, 0.3) is 8.68 Å². The summed E-state index contributed by atoms with van der Waals surface area (Å²) in [5.74, 6) is -9.03. The molecule has 2 saturated carbocycles. The molecule has 0 radical (unpaired) electrons. The molecule has 0 aromatic carbocycles. The molecular weight excluding hydrogens is 364 g/mol. The Bertz CT molecular complexity index is 579. The minimum absolute atomic E-state index is 0.000688. The van der Waals surface area contributed by atoms with Crippen molar-refractivity contribution in [1.82, 2.24) is 0 Å². The molecule has 26 heavy (non-hydrogen) atoms. The summed E-state index contributed by atoms with van der Waals surface area (Å²) in [6.07, 6.45) is 0.909. The van der Waals surface area contributed by atoms with Gasteiger partial charge in [-0.15, -0.1) is 0 Å². The number of carbonyl (C=O) groups is 4. The monoisotopic (exact) mass is 386 g/mol. The molecule has 9 nitrogen and oxygen atoms in total. The van der Waals surface area contributed by atoms with Crippen molar-refractivity contribution in [2.24, 2.45) is 23.7 Å². The van der Waals surface area contributed by atoms with Gasteiger partial charge < -0.3 is 24.9 Å². The number of carboxylic acids is 4. The van der Waals surface area contributed by atoms with E-state index < -0.39 is 67.3 Å². The summed E-state index contributed by atoms with van der Waals surface area (Å²) < 4.78 is 12.9. The number of rotatable bonds is 6. The molecule has 0 amide bonds. The minimum Gasteiger partial charge on any atom is -0.481 e. The Morgan fingerprint density at radius 3 is 1.15 bits per heavy atom. The highest BCUT2D eigenvalue weighted by Crippen LogP contribution is 2.45. The van der Waals surface area contributed by atoms with Crippen LogP contribution in [0.5, 0.6) is 0 Å². The zero-order chi connectivity index (χ0) is 19.6. The molecule has 0 aromatic rings. The summed E-state index contributed by atoms with van der Waals surface area (Å²) >= 11 is 0. The Balaban J connectivity index is 2.09. The summed E-state index contributed by atoms with van der Waals surface area (Å²) in [4.78, 5) is 45.2. The van der Waals surface area contributed by atoms with Crippen molar-refractivity contribution >= 4 is 32.6 Å². The predicted molar refractivity (Wildman–Crippen MR) is 86.1 cm³/mol. The van der Waals surface area contributed by atoms with Crippen molar-refractivity contribution in [3.05, 3.63) is 0 Å².